The summed E-state index contributed by atoms with van der Waals surface area (Å²) in [6, 6.07) is 2.83. The lowest BCUT2D eigenvalue weighted by atomic mass is 10.0. The lowest BCUT2D eigenvalue weighted by Crippen LogP contribution is -2.24. The number of ether oxygens (including phenoxy) is 2. The highest BCUT2D eigenvalue weighted by Crippen LogP contribution is 2.50. The van der Waals surface area contributed by atoms with E-state index in [0.29, 0.717) is 24.2 Å². The molecular formula is C32H57F3O6. The Morgan fingerprint density at radius 3 is 1.83 bits per heavy atom. The Morgan fingerprint density at radius 1 is 1.05 bits per heavy atom. The van der Waals surface area contributed by atoms with Crippen molar-refractivity contribution < 1.29 is 42.4 Å². The molecule has 2 rings (SSSR count). The highest BCUT2D eigenvalue weighted by molar-refractivity contribution is 5.13. The van der Waals surface area contributed by atoms with Crippen molar-refractivity contribution in [3.8, 4) is 0 Å². The summed E-state index contributed by atoms with van der Waals surface area (Å²) in [7, 11) is 0. The van der Waals surface area contributed by atoms with Gasteiger partial charge in [-0.25, -0.2) is 4.39 Å². The SMILES string of the molecule is C/C=C(\OC(C)C)C(O)C(C)F.C/C=C(\OCC)C(O)C1(C)CC1.C=CC(F)(F)C(O)c1ccc(C)o1.CC.CC. The molecule has 242 valence electrons. The molecule has 0 saturated heterocycles. The first kappa shape index (κ1) is 43.2. The first-order valence-electron chi connectivity index (χ1n) is 14.5. The zero-order valence-corrected chi connectivity index (χ0v) is 27.3. The molecule has 1 aromatic heterocycles. The van der Waals surface area contributed by atoms with Crippen molar-refractivity contribution in [3.05, 3.63) is 60.0 Å². The molecule has 0 radical (unpaired) electrons. The maximum Gasteiger partial charge on any atom is 0.298 e. The molecule has 41 heavy (non-hydrogen) atoms. The van der Waals surface area contributed by atoms with Crippen molar-refractivity contribution in [3.63, 3.8) is 0 Å². The summed E-state index contributed by atoms with van der Waals surface area (Å²) in [5.41, 5.74) is 0.0943. The molecule has 1 aliphatic rings. The minimum Gasteiger partial charge on any atom is -0.496 e. The van der Waals surface area contributed by atoms with Gasteiger partial charge in [0.2, 0.25) is 0 Å². The average Bonchev–Trinajstić information content (AvgIpc) is 3.57. The number of aryl methyl sites for hydroxylation is 1. The van der Waals surface area contributed by atoms with E-state index in [1.807, 2.05) is 61.5 Å². The van der Waals surface area contributed by atoms with Gasteiger partial charge in [-0.3, -0.25) is 0 Å². The molecule has 6 nitrogen and oxygen atoms in total. The number of hydrogen-bond donors (Lipinski definition) is 3. The Bertz CT molecular complexity index is 851. The molecule has 1 fully saturated rings. The molecule has 3 N–H and O–H groups in total. The van der Waals surface area contributed by atoms with E-state index in [1.54, 1.807) is 19.9 Å². The van der Waals surface area contributed by atoms with Gasteiger partial charge in [-0.05, 0) is 91.7 Å². The minimum atomic E-state index is -3.36. The van der Waals surface area contributed by atoms with Gasteiger partial charge < -0.3 is 29.2 Å². The lowest BCUT2D eigenvalue weighted by molar-refractivity contribution is -0.0805. The topological polar surface area (TPSA) is 92.3 Å². The number of furan rings is 1. The Morgan fingerprint density at radius 2 is 1.54 bits per heavy atom. The summed E-state index contributed by atoms with van der Waals surface area (Å²) < 4.78 is 53.6. The van der Waals surface area contributed by atoms with Crippen LogP contribution in [0.4, 0.5) is 13.2 Å². The van der Waals surface area contributed by atoms with Crippen LogP contribution >= 0.6 is 0 Å². The molecule has 4 unspecified atom stereocenters. The van der Waals surface area contributed by atoms with E-state index in [0.717, 1.165) is 18.6 Å². The fourth-order valence-electron chi connectivity index (χ4n) is 3.01. The maximum atomic E-state index is 12.8. The molecule has 1 heterocycles. The second kappa shape index (κ2) is 22.4. The maximum absolute atomic E-state index is 12.8. The number of halogens is 3. The fraction of sp³-hybridized carbons (Fsp3) is 0.688. The molecule has 9 heteroatoms. The van der Waals surface area contributed by atoms with Gasteiger partial charge in [-0.2, -0.15) is 8.78 Å². The number of hydrogen-bond acceptors (Lipinski definition) is 6. The van der Waals surface area contributed by atoms with E-state index in [1.165, 1.54) is 19.1 Å². The van der Waals surface area contributed by atoms with Crippen molar-refractivity contribution in [2.45, 2.75) is 132 Å². The Hall–Kier alpha value is -2.23. The molecule has 0 amide bonds. The zero-order chi connectivity index (χ0) is 33.0. The van der Waals surface area contributed by atoms with Gasteiger partial charge in [0, 0.05) is 5.41 Å². The quantitative estimate of drug-likeness (QED) is 0.175. The molecule has 1 aromatic rings. The highest BCUT2D eigenvalue weighted by Gasteiger charge is 2.46. The molecular weight excluding hydrogens is 537 g/mol. The van der Waals surface area contributed by atoms with Gasteiger partial charge in [0.25, 0.3) is 5.92 Å². The van der Waals surface area contributed by atoms with Crippen molar-refractivity contribution >= 4 is 0 Å². The third kappa shape index (κ3) is 16.7. The monoisotopic (exact) mass is 594 g/mol. The van der Waals surface area contributed by atoms with Crippen LogP contribution in [0.1, 0.15) is 107 Å². The van der Waals surface area contributed by atoms with Crippen LogP contribution in [-0.4, -0.2) is 52.3 Å². The highest BCUT2D eigenvalue weighted by atomic mass is 19.3. The Balaban J connectivity index is -0.000000497. The van der Waals surface area contributed by atoms with Crippen LogP contribution in [0.25, 0.3) is 0 Å². The molecule has 0 spiro atoms. The normalized spacial score (nSPS) is 16.9. The van der Waals surface area contributed by atoms with Crippen LogP contribution in [0.2, 0.25) is 0 Å². The first-order chi connectivity index (χ1) is 19.1. The predicted molar refractivity (Wildman–Crippen MR) is 162 cm³/mol. The minimum absolute atomic E-state index is 0.0374. The first-order valence-corrected chi connectivity index (χ1v) is 14.5. The van der Waals surface area contributed by atoms with Crippen molar-refractivity contribution in [2.24, 2.45) is 5.41 Å². The summed E-state index contributed by atoms with van der Waals surface area (Å²) in [5, 5.41) is 28.3. The summed E-state index contributed by atoms with van der Waals surface area (Å²) in [4.78, 5) is 0. The van der Waals surface area contributed by atoms with Gasteiger partial charge in [-0.1, -0.05) is 41.2 Å². The fourth-order valence-corrected chi connectivity index (χ4v) is 3.01. The molecule has 1 saturated carbocycles. The second-order valence-corrected chi connectivity index (χ2v) is 9.39. The van der Waals surface area contributed by atoms with E-state index >= 15 is 0 Å². The predicted octanol–water partition coefficient (Wildman–Crippen LogP) is 8.62. The third-order valence-corrected chi connectivity index (χ3v) is 5.61. The van der Waals surface area contributed by atoms with Gasteiger partial charge in [0.05, 0.1) is 12.7 Å². The number of alkyl halides is 3. The van der Waals surface area contributed by atoms with Crippen LogP contribution in [0.3, 0.4) is 0 Å². The van der Waals surface area contributed by atoms with Gasteiger partial charge in [-0.15, -0.1) is 0 Å². The summed E-state index contributed by atoms with van der Waals surface area (Å²) in [6.45, 7) is 25.8. The number of aliphatic hydroxyl groups excluding tert-OH is 3. The third-order valence-electron chi connectivity index (χ3n) is 5.61. The van der Waals surface area contributed by atoms with E-state index in [4.69, 9.17) is 19.0 Å². The van der Waals surface area contributed by atoms with E-state index in [9.17, 15) is 23.4 Å². The van der Waals surface area contributed by atoms with E-state index in [2.05, 4.69) is 13.5 Å². The van der Waals surface area contributed by atoms with E-state index < -0.39 is 30.4 Å². The molecule has 4 atom stereocenters. The molecule has 0 aliphatic heterocycles. The standard InChI is InChI=1S/C10H18O2.C9H10F2O2.C9H17FO2.2C2H6/c1-4-8(12-5-2)9(11)10(3)6-7-10;1-3-9(10,11)8(12)7-5-4-6(2)13-7;1-5-8(12-6(2)3)9(11)7(4)10;2*1-2/h4,9,11H,5-7H2,1-3H3;3-5,8,12H,1H2,2H3;5-7,9,11H,1-4H3;2*1-2H3/b8-4-;;8-5-;;. The smallest absolute Gasteiger partial charge is 0.298 e. The zero-order valence-electron chi connectivity index (χ0n) is 27.3. The van der Waals surface area contributed by atoms with Crippen LogP contribution in [-0.2, 0) is 9.47 Å². The number of rotatable bonds is 11. The van der Waals surface area contributed by atoms with Gasteiger partial charge >= 0.3 is 0 Å². The summed E-state index contributed by atoms with van der Waals surface area (Å²) in [5.74, 6) is -1.99. The number of aliphatic hydroxyl groups is 3. The van der Waals surface area contributed by atoms with Crippen LogP contribution in [0.15, 0.2) is 52.9 Å². The van der Waals surface area contributed by atoms with E-state index in [-0.39, 0.29) is 17.3 Å². The van der Waals surface area contributed by atoms with Crippen LogP contribution in [0, 0.1) is 12.3 Å². The van der Waals surface area contributed by atoms with Crippen LogP contribution in [0.5, 0.6) is 0 Å². The van der Waals surface area contributed by atoms with Crippen LogP contribution < -0.4 is 0 Å². The molecule has 0 aromatic carbocycles. The molecule has 1 aliphatic carbocycles. The molecule has 0 bridgehead atoms. The summed E-state index contributed by atoms with van der Waals surface area (Å²) in [6.07, 6.45) is 1.23. The summed E-state index contributed by atoms with van der Waals surface area (Å²) >= 11 is 0. The second-order valence-electron chi connectivity index (χ2n) is 9.39. The number of allylic oxidation sites excluding steroid dienone is 2. The largest absolute Gasteiger partial charge is 0.496 e. The van der Waals surface area contributed by atoms with Crippen molar-refractivity contribution in [2.75, 3.05) is 6.61 Å². The van der Waals surface area contributed by atoms with Crippen molar-refractivity contribution in [1.82, 2.24) is 0 Å². The van der Waals surface area contributed by atoms with Crippen molar-refractivity contribution in [1.29, 1.82) is 0 Å². The average molecular weight is 595 g/mol. The Kier molecular flexibility index (Phi) is 23.6. The lowest BCUT2D eigenvalue weighted by Gasteiger charge is -2.20. The Labute approximate surface area is 246 Å². The van der Waals surface area contributed by atoms with Gasteiger partial charge in [0.15, 0.2) is 6.10 Å². The van der Waals surface area contributed by atoms with Gasteiger partial charge in [0.1, 0.15) is 41.4 Å².